The molecule has 0 aliphatic carbocycles. The van der Waals surface area contributed by atoms with Gasteiger partial charge in [0, 0.05) is 17.5 Å². The quantitative estimate of drug-likeness (QED) is 0.360. The van der Waals surface area contributed by atoms with Crippen LogP contribution in [0.3, 0.4) is 0 Å². The van der Waals surface area contributed by atoms with Gasteiger partial charge in [-0.1, -0.05) is 79.6 Å². The number of aromatic nitrogens is 3. The minimum absolute atomic E-state index is 0.0317. The van der Waals surface area contributed by atoms with Gasteiger partial charge in [0.05, 0.1) is 11.4 Å². The van der Waals surface area contributed by atoms with Gasteiger partial charge >= 0.3 is 0 Å². The summed E-state index contributed by atoms with van der Waals surface area (Å²) in [4.78, 5) is 19.5. The molecule has 1 aromatic carbocycles. The molecule has 0 aliphatic heterocycles. The van der Waals surface area contributed by atoms with Gasteiger partial charge in [-0.25, -0.2) is 4.98 Å². The number of nitrogens with two attached hydrogens (primary N) is 1. The lowest BCUT2D eigenvalue weighted by Gasteiger charge is -2.19. The molecule has 0 saturated carbocycles. The third kappa shape index (κ3) is 5.76. The van der Waals surface area contributed by atoms with Gasteiger partial charge in [0.2, 0.25) is 11.0 Å². The van der Waals surface area contributed by atoms with E-state index >= 15 is 0 Å². The number of anilines is 2. The van der Waals surface area contributed by atoms with E-state index in [2.05, 4.69) is 17.1 Å². The van der Waals surface area contributed by atoms with Gasteiger partial charge in [-0.05, 0) is 6.42 Å². The maximum Gasteiger partial charge on any atom is 0.239 e. The van der Waals surface area contributed by atoms with Crippen molar-refractivity contribution >= 4 is 50.6 Å². The van der Waals surface area contributed by atoms with E-state index < -0.39 is 0 Å². The van der Waals surface area contributed by atoms with Crippen LogP contribution in [0.15, 0.2) is 40.1 Å². The summed E-state index contributed by atoms with van der Waals surface area (Å²) >= 11 is 4.18. The zero-order valence-corrected chi connectivity index (χ0v) is 18.2. The minimum atomic E-state index is 0.0317. The van der Waals surface area contributed by atoms with Crippen LogP contribution < -0.4 is 10.6 Å². The van der Waals surface area contributed by atoms with Crippen LogP contribution in [0.4, 0.5) is 10.3 Å². The topological polar surface area (TPSA) is 85.0 Å². The molecule has 3 rings (SSSR count). The monoisotopic (exact) mass is 433 g/mol. The van der Waals surface area contributed by atoms with Crippen molar-refractivity contribution in [2.45, 2.75) is 36.9 Å². The highest BCUT2D eigenvalue weighted by Crippen LogP contribution is 2.29. The fraction of sp³-hybridized carbons (Fsp3) is 0.368. The number of rotatable bonds is 10. The third-order valence-electron chi connectivity index (χ3n) is 4.07. The molecule has 0 spiro atoms. The van der Waals surface area contributed by atoms with Crippen molar-refractivity contribution in [2.75, 3.05) is 22.9 Å². The standard InChI is InChI=1S/C19H23N5OS3/c1-2-3-4-8-11-24(16(25)13-27-19-23-22-17(20)28-19)18-21-15(12-26-18)14-9-6-5-7-10-14/h5-7,9-10,12H,2-4,8,11,13H2,1H3,(H2,20,22). The Morgan fingerprint density at radius 2 is 2.00 bits per heavy atom. The van der Waals surface area contributed by atoms with Crippen LogP contribution in [0, 0.1) is 0 Å². The summed E-state index contributed by atoms with van der Waals surface area (Å²) in [7, 11) is 0. The minimum Gasteiger partial charge on any atom is -0.374 e. The Kier molecular flexibility index (Phi) is 7.81. The summed E-state index contributed by atoms with van der Waals surface area (Å²) in [6.07, 6.45) is 4.42. The van der Waals surface area contributed by atoms with E-state index in [1.807, 2.05) is 40.6 Å². The number of hydrogen-bond donors (Lipinski definition) is 1. The highest BCUT2D eigenvalue weighted by molar-refractivity contribution is 8.01. The molecule has 0 atom stereocenters. The molecule has 2 N–H and O–H groups in total. The zero-order chi connectivity index (χ0) is 19.8. The number of thiazole rings is 1. The zero-order valence-electron chi connectivity index (χ0n) is 15.7. The molecule has 0 radical (unpaired) electrons. The molecule has 9 heteroatoms. The van der Waals surface area contributed by atoms with E-state index in [1.54, 1.807) is 0 Å². The molecule has 2 heterocycles. The first-order valence-electron chi connectivity index (χ1n) is 9.20. The molecule has 2 aromatic heterocycles. The average molecular weight is 434 g/mol. The van der Waals surface area contributed by atoms with Crippen molar-refractivity contribution < 1.29 is 4.79 Å². The van der Waals surface area contributed by atoms with Gasteiger partial charge in [0.1, 0.15) is 0 Å². The number of benzene rings is 1. The van der Waals surface area contributed by atoms with Crippen molar-refractivity contribution in [3.05, 3.63) is 35.7 Å². The predicted molar refractivity (Wildman–Crippen MR) is 119 cm³/mol. The molecule has 3 aromatic rings. The first-order valence-corrected chi connectivity index (χ1v) is 11.9. The summed E-state index contributed by atoms with van der Waals surface area (Å²) in [5, 5.41) is 10.9. The van der Waals surface area contributed by atoms with Crippen LogP contribution in [-0.2, 0) is 4.79 Å². The van der Waals surface area contributed by atoms with Gasteiger partial charge in [-0.2, -0.15) is 0 Å². The normalized spacial score (nSPS) is 10.9. The number of amides is 1. The van der Waals surface area contributed by atoms with E-state index in [9.17, 15) is 4.79 Å². The molecular weight excluding hydrogens is 410 g/mol. The van der Waals surface area contributed by atoms with Crippen LogP contribution in [0.5, 0.6) is 0 Å². The smallest absolute Gasteiger partial charge is 0.239 e. The summed E-state index contributed by atoms with van der Waals surface area (Å²) < 4.78 is 0.709. The molecule has 148 valence electrons. The van der Waals surface area contributed by atoms with Crippen LogP contribution in [-0.4, -0.2) is 33.4 Å². The van der Waals surface area contributed by atoms with Crippen molar-refractivity contribution in [2.24, 2.45) is 0 Å². The van der Waals surface area contributed by atoms with E-state index in [4.69, 9.17) is 10.7 Å². The lowest BCUT2D eigenvalue weighted by molar-refractivity contribution is -0.116. The lowest BCUT2D eigenvalue weighted by atomic mass is 10.2. The van der Waals surface area contributed by atoms with Gasteiger partial charge in [-0.3, -0.25) is 9.69 Å². The molecule has 0 saturated heterocycles. The number of carbonyl (C=O) groups excluding carboxylic acids is 1. The third-order valence-corrected chi connectivity index (χ3v) is 6.80. The maximum atomic E-state index is 12.9. The largest absolute Gasteiger partial charge is 0.374 e. The van der Waals surface area contributed by atoms with E-state index in [0.29, 0.717) is 21.8 Å². The molecule has 6 nitrogen and oxygen atoms in total. The second-order valence-corrected chi connectivity index (χ2v) is 9.25. The maximum absolute atomic E-state index is 12.9. The van der Waals surface area contributed by atoms with E-state index in [1.165, 1.54) is 40.9 Å². The highest BCUT2D eigenvalue weighted by Gasteiger charge is 2.20. The SMILES string of the molecule is CCCCCCN(C(=O)CSc1nnc(N)s1)c1nc(-c2ccccc2)cs1. The molecule has 0 unspecified atom stereocenters. The van der Waals surface area contributed by atoms with E-state index in [-0.39, 0.29) is 5.91 Å². The van der Waals surface area contributed by atoms with Crippen molar-refractivity contribution in [1.29, 1.82) is 0 Å². The lowest BCUT2D eigenvalue weighted by Crippen LogP contribution is -2.33. The Morgan fingerprint density at radius 3 is 2.71 bits per heavy atom. The van der Waals surface area contributed by atoms with Crippen LogP contribution in [0.25, 0.3) is 11.3 Å². The summed E-state index contributed by atoms with van der Waals surface area (Å²) in [5.74, 6) is 0.326. The van der Waals surface area contributed by atoms with Crippen molar-refractivity contribution in [1.82, 2.24) is 15.2 Å². The number of nitrogen functional groups attached to an aromatic ring is 1. The summed E-state index contributed by atoms with van der Waals surface area (Å²) in [6, 6.07) is 10.0. The Labute approximate surface area is 177 Å². The Morgan fingerprint density at radius 1 is 1.18 bits per heavy atom. The molecular formula is C19H23N5OS3. The van der Waals surface area contributed by atoms with Crippen molar-refractivity contribution in [3.63, 3.8) is 0 Å². The first kappa shape index (κ1) is 20.8. The second kappa shape index (κ2) is 10.5. The highest BCUT2D eigenvalue weighted by atomic mass is 32.2. The number of carbonyl (C=O) groups is 1. The number of unbranched alkanes of at least 4 members (excludes halogenated alkanes) is 3. The van der Waals surface area contributed by atoms with Gasteiger partial charge < -0.3 is 5.73 Å². The first-order chi connectivity index (χ1) is 13.7. The van der Waals surface area contributed by atoms with Crippen molar-refractivity contribution in [3.8, 4) is 11.3 Å². The fourth-order valence-corrected chi connectivity index (χ4v) is 5.02. The second-order valence-electron chi connectivity index (χ2n) is 6.18. The number of nitrogens with zero attached hydrogens (tertiary/aromatic N) is 4. The Balaban J connectivity index is 1.70. The number of hydrogen-bond acceptors (Lipinski definition) is 8. The number of thioether (sulfide) groups is 1. The predicted octanol–water partition coefficient (Wildman–Crippen LogP) is 4.95. The molecule has 1 amide bonds. The summed E-state index contributed by atoms with van der Waals surface area (Å²) in [5.41, 5.74) is 7.57. The molecule has 0 fully saturated rings. The Hall–Kier alpha value is -1.97. The molecule has 0 aliphatic rings. The fourth-order valence-electron chi connectivity index (χ4n) is 2.63. The Bertz CT molecular complexity index is 881. The molecule has 28 heavy (non-hydrogen) atoms. The molecule has 0 bridgehead atoms. The van der Waals surface area contributed by atoms with E-state index in [0.717, 1.165) is 35.7 Å². The summed E-state index contributed by atoms with van der Waals surface area (Å²) in [6.45, 7) is 2.86. The van der Waals surface area contributed by atoms with Crippen LogP contribution >= 0.6 is 34.4 Å². The van der Waals surface area contributed by atoms with Crippen LogP contribution in [0.2, 0.25) is 0 Å². The van der Waals surface area contributed by atoms with Gasteiger partial charge in [0.15, 0.2) is 9.47 Å². The van der Waals surface area contributed by atoms with Gasteiger partial charge in [-0.15, -0.1) is 21.5 Å². The average Bonchev–Trinajstić information content (AvgIpc) is 3.36. The van der Waals surface area contributed by atoms with Crippen LogP contribution in [0.1, 0.15) is 32.6 Å². The van der Waals surface area contributed by atoms with Gasteiger partial charge in [0.25, 0.3) is 0 Å².